The van der Waals surface area contributed by atoms with E-state index in [2.05, 4.69) is 10.5 Å². The molecule has 4 rings (SSSR count). The van der Waals surface area contributed by atoms with E-state index in [0.717, 1.165) is 15.4 Å². The van der Waals surface area contributed by atoms with E-state index >= 15 is 0 Å². The van der Waals surface area contributed by atoms with Gasteiger partial charge in [-0.05, 0) is 73.2 Å². The van der Waals surface area contributed by atoms with Crippen molar-refractivity contribution in [1.29, 1.82) is 0 Å². The average molecular weight is 613 g/mol. The van der Waals surface area contributed by atoms with Crippen LogP contribution in [0.5, 0.6) is 11.5 Å². The predicted molar refractivity (Wildman–Crippen MR) is 162 cm³/mol. The lowest BCUT2D eigenvalue weighted by Gasteiger charge is -2.25. The molecule has 11 heteroatoms. The predicted octanol–water partition coefficient (Wildman–Crippen LogP) is 6.24. The number of nitrogens with one attached hydrogen (secondary N) is 1. The van der Waals surface area contributed by atoms with Crippen molar-refractivity contribution in [2.45, 2.75) is 18.4 Å². The number of amides is 1. The van der Waals surface area contributed by atoms with Crippen LogP contribution in [0.15, 0.2) is 101 Å². The molecule has 4 aromatic carbocycles. The zero-order valence-corrected chi connectivity index (χ0v) is 24.6. The van der Waals surface area contributed by atoms with Crippen LogP contribution in [0, 0.1) is 6.92 Å². The van der Waals surface area contributed by atoms with Gasteiger partial charge in [-0.3, -0.25) is 9.10 Å². The monoisotopic (exact) mass is 611 g/mol. The molecule has 0 unspecified atom stereocenters. The zero-order valence-electron chi connectivity index (χ0n) is 22.3. The Balaban J connectivity index is 1.46. The summed E-state index contributed by atoms with van der Waals surface area (Å²) in [5.41, 5.74) is 4.96. The van der Waals surface area contributed by atoms with Crippen LogP contribution in [0.1, 0.15) is 16.7 Å². The van der Waals surface area contributed by atoms with Gasteiger partial charge >= 0.3 is 0 Å². The molecule has 4 aromatic rings. The Morgan fingerprint density at radius 2 is 1.68 bits per heavy atom. The third-order valence-corrected chi connectivity index (χ3v) is 8.32. The topological polar surface area (TPSA) is 97.3 Å². The lowest BCUT2D eigenvalue weighted by molar-refractivity contribution is -0.119. The molecule has 0 bridgehead atoms. The number of hydrogen-bond donors (Lipinski definition) is 1. The van der Waals surface area contributed by atoms with E-state index in [1.165, 1.54) is 37.6 Å². The van der Waals surface area contributed by atoms with Gasteiger partial charge in [0.1, 0.15) is 24.7 Å². The second kappa shape index (κ2) is 13.5. The van der Waals surface area contributed by atoms with Crippen LogP contribution in [0.2, 0.25) is 10.0 Å². The highest BCUT2D eigenvalue weighted by Gasteiger charge is 2.29. The van der Waals surface area contributed by atoms with Crippen LogP contribution < -0.4 is 19.2 Å². The number of halogens is 2. The third-order valence-electron chi connectivity index (χ3n) is 5.94. The van der Waals surface area contributed by atoms with Gasteiger partial charge < -0.3 is 9.47 Å². The second-order valence-corrected chi connectivity index (χ2v) is 11.6. The fourth-order valence-electron chi connectivity index (χ4n) is 3.77. The van der Waals surface area contributed by atoms with Crippen LogP contribution in [0.25, 0.3) is 0 Å². The Bertz CT molecular complexity index is 1640. The highest BCUT2D eigenvalue weighted by Crippen LogP contribution is 2.34. The van der Waals surface area contributed by atoms with Gasteiger partial charge in [0.05, 0.1) is 23.9 Å². The van der Waals surface area contributed by atoms with Crippen molar-refractivity contribution >= 4 is 51.0 Å². The molecule has 0 radical (unpaired) electrons. The number of hydrazone groups is 1. The van der Waals surface area contributed by atoms with E-state index in [-0.39, 0.29) is 21.4 Å². The molecule has 212 valence electrons. The van der Waals surface area contributed by atoms with Crippen molar-refractivity contribution < 1.29 is 22.7 Å². The number of ether oxygens (including phenoxy) is 2. The second-order valence-electron chi connectivity index (χ2n) is 8.88. The molecule has 0 aromatic heterocycles. The van der Waals surface area contributed by atoms with Crippen LogP contribution in [0.3, 0.4) is 0 Å². The molecule has 0 fully saturated rings. The van der Waals surface area contributed by atoms with Crippen molar-refractivity contribution in [2.75, 3.05) is 18.0 Å². The lowest BCUT2D eigenvalue weighted by atomic mass is 10.2. The van der Waals surface area contributed by atoms with E-state index in [0.29, 0.717) is 22.9 Å². The first-order valence-corrected chi connectivity index (χ1v) is 14.6. The standard InChI is InChI=1S/C30H27Cl2N3O5S/c1-21-7-14-26(15-8-21)41(37,38)35(28-17-24(31)11-16-29(28)39-2)19-30(36)34-33-18-22-9-12-25(13-10-22)40-20-23-5-3-4-6-27(23)32/h3-18H,19-20H2,1-2H3,(H,34,36)/b33-18+. The molecule has 0 atom stereocenters. The molecule has 0 aliphatic heterocycles. The quantitative estimate of drug-likeness (QED) is 0.160. The summed E-state index contributed by atoms with van der Waals surface area (Å²) in [4.78, 5) is 12.9. The smallest absolute Gasteiger partial charge is 0.264 e. The van der Waals surface area contributed by atoms with Crippen molar-refractivity contribution in [1.82, 2.24) is 5.43 Å². The molecule has 8 nitrogen and oxygen atoms in total. The van der Waals surface area contributed by atoms with Gasteiger partial charge in [-0.1, -0.05) is 59.1 Å². The summed E-state index contributed by atoms with van der Waals surface area (Å²) < 4.78 is 39.4. The number of sulfonamides is 1. The first-order valence-electron chi connectivity index (χ1n) is 12.4. The summed E-state index contributed by atoms with van der Waals surface area (Å²) in [6.07, 6.45) is 1.44. The highest BCUT2D eigenvalue weighted by molar-refractivity contribution is 7.92. The molecule has 1 amide bonds. The molecule has 0 heterocycles. The summed E-state index contributed by atoms with van der Waals surface area (Å²) in [6, 6.07) is 25.3. The van der Waals surface area contributed by atoms with Gasteiger partial charge in [0.15, 0.2) is 0 Å². The van der Waals surface area contributed by atoms with E-state index in [9.17, 15) is 13.2 Å². The van der Waals surface area contributed by atoms with Crippen LogP contribution in [0.4, 0.5) is 5.69 Å². The molecular formula is C30H27Cl2N3O5S. The van der Waals surface area contributed by atoms with Gasteiger partial charge in [-0.15, -0.1) is 0 Å². The van der Waals surface area contributed by atoms with E-state index in [4.69, 9.17) is 32.7 Å². The third kappa shape index (κ3) is 7.79. The Labute approximate surface area is 249 Å². The normalized spacial score (nSPS) is 11.3. The highest BCUT2D eigenvalue weighted by atomic mass is 35.5. The number of carbonyl (C=O) groups is 1. The van der Waals surface area contributed by atoms with Gasteiger partial charge in [-0.2, -0.15) is 5.10 Å². The molecule has 0 saturated carbocycles. The Morgan fingerprint density at radius 3 is 2.37 bits per heavy atom. The minimum atomic E-state index is -4.17. The number of carbonyl (C=O) groups excluding carboxylic acids is 1. The maximum atomic E-state index is 13.6. The van der Waals surface area contributed by atoms with E-state index < -0.39 is 22.5 Å². The van der Waals surface area contributed by atoms with Crippen LogP contribution >= 0.6 is 23.2 Å². The number of nitrogens with zero attached hydrogens (tertiary/aromatic N) is 2. The summed E-state index contributed by atoms with van der Waals surface area (Å²) in [6.45, 7) is 1.60. The number of methoxy groups -OCH3 is 1. The molecular weight excluding hydrogens is 585 g/mol. The summed E-state index contributed by atoms with van der Waals surface area (Å²) in [7, 11) is -2.76. The SMILES string of the molecule is COc1ccc(Cl)cc1N(CC(=O)N/N=C/c1ccc(OCc2ccccc2Cl)cc1)S(=O)(=O)c1ccc(C)cc1. The lowest BCUT2D eigenvalue weighted by Crippen LogP contribution is -2.39. The maximum Gasteiger partial charge on any atom is 0.264 e. The minimum absolute atomic E-state index is 0.0123. The van der Waals surface area contributed by atoms with Crippen molar-refractivity contribution in [3.63, 3.8) is 0 Å². The maximum absolute atomic E-state index is 13.6. The largest absolute Gasteiger partial charge is 0.495 e. The van der Waals surface area contributed by atoms with Gasteiger partial charge in [-0.25, -0.2) is 13.8 Å². The summed E-state index contributed by atoms with van der Waals surface area (Å²) in [5, 5.41) is 4.90. The van der Waals surface area contributed by atoms with Crippen LogP contribution in [-0.4, -0.2) is 34.2 Å². The van der Waals surface area contributed by atoms with Crippen molar-refractivity contribution in [3.8, 4) is 11.5 Å². The number of aryl methyl sites for hydroxylation is 1. The number of anilines is 1. The van der Waals surface area contributed by atoms with Crippen LogP contribution in [-0.2, 0) is 21.4 Å². The molecule has 0 aliphatic carbocycles. The Kier molecular flexibility index (Phi) is 9.88. The molecule has 0 spiro atoms. The van der Waals surface area contributed by atoms with Crippen molar-refractivity contribution in [3.05, 3.63) is 118 Å². The Morgan fingerprint density at radius 1 is 0.976 bits per heavy atom. The van der Waals surface area contributed by atoms with Crippen molar-refractivity contribution in [2.24, 2.45) is 5.10 Å². The molecule has 0 aliphatic rings. The number of rotatable bonds is 11. The number of benzene rings is 4. The summed E-state index contributed by atoms with van der Waals surface area (Å²) in [5.74, 6) is 0.204. The van der Waals surface area contributed by atoms with Gasteiger partial charge in [0.2, 0.25) is 0 Å². The zero-order chi connectivity index (χ0) is 29.4. The Hall–Kier alpha value is -4.05. The van der Waals surface area contributed by atoms with E-state index in [1.807, 2.05) is 25.1 Å². The average Bonchev–Trinajstić information content (AvgIpc) is 2.96. The van der Waals surface area contributed by atoms with E-state index in [1.54, 1.807) is 48.5 Å². The minimum Gasteiger partial charge on any atom is -0.495 e. The van der Waals surface area contributed by atoms with Gasteiger partial charge in [0.25, 0.3) is 15.9 Å². The fourth-order valence-corrected chi connectivity index (χ4v) is 5.55. The molecule has 41 heavy (non-hydrogen) atoms. The summed E-state index contributed by atoms with van der Waals surface area (Å²) >= 11 is 12.3. The fraction of sp³-hybridized carbons (Fsp3) is 0.133. The first-order chi connectivity index (χ1) is 19.7. The molecule has 1 N–H and O–H groups in total. The number of hydrogen-bond acceptors (Lipinski definition) is 6. The van der Waals surface area contributed by atoms with Gasteiger partial charge in [0, 0.05) is 15.6 Å². The molecule has 0 saturated heterocycles. The first kappa shape index (κ1) is 29.9.